The van der Waals surface area contributed by atoms with Gasteiger partial charge in [-0.25, -0.2) is 8.42 Å². The van der Waals surface area contributed by atoms with E-state index in [1.165, 1.54) is 34.6 Å². The normalized spacial score (nSPS) is 19.9. The molecule has 1 aromatic rings. The monoisotopic (exact) mass is 396 g/mol. The molecule has 2 aliphatic rings. The second kappa shape index (κ2) is 8.02. The molecular weight excluding hydrogens is 368 g/mol. The number of hydrogen-bond acceptors (Lipinski definition) is 4. The van der Waals surface area contributed by atoms with Crippen LogP contribution < -0.4 is 5.32 Å². The molecule has 150 valence electrons. The predicted molar refractivity (Wildman–Crippen MR) is 101 cm³/mol. The van der Waals surface area contributed by atoms with Gasteiger partial charge in [-0.3, -0.25) is 9.59 Å². The number of aryl methyl sites for hydroxylation is 1. The highest BCUT2D eigenvalue weighted by atomic mass is 32.2. The van der Waals surface area contributed by atoms with Crippen molar-refractivity contribution in [1.29, 1.82) is 0 Å². The minimum Gasteiger partial charge on any atom is -0.354 e. The molecule has 0 bridgehead atoms. The molecule has 2 heterocycles. The molecule has 0 unspecified atom stereocenters. The first kappa shape index (κ1) is 19.9. The molecule has 3 rings (SSSR count). The minimum absolute atomic E-state index is 0.103. The van der Waals surface area contributed by atoms with Crippen LogP contribution in [0.1, 0.15) is 42.6 Å². The first-order chi connectivity index (χ1) is 12.8. The van der Waals surface area contributed by atoms with E-state index in [0.29, 0.717) is 18.8 Å². The maximum absolute atomic E-state index is 12.9. The molecular formula is C18H28N4O4S. The van der Waals surface area contributed by atoms with E-state index in [0.717, 1.165) is 25.7 Å². The Morgan fingerprint density at radius 1 is 1.07 bits per heavy atom. The Hall–Kier alpha value is -1.87. The van der Waals surface area contributed by atoms with E-state index in [-0.39, 0.29) is 35.7 Å². The third-order valence-corrected chi connectivity index (χ3v) is 7.45. The average Bonchev–Trinajstić information content (AvgIpc) is 3.10. The zero-order chi connectivity index (χ0) is 19.6. The van der Waals surface area contributed by atoms with Crippen molar-refractivity contribution in [3.63, 3.8) is 0 Å². The van der Waals surface area contributed by atoms with Crippen LogP contribution >= 0.6 is 0 Å². The number of nitrogens with one attached hydrogen (secondary N) is 1. The first-order valence-electron chi connectivity index (χ1n) is 9.52. The van der Waals surface area contributed by atoms with Crippen molar-refractivity contribution in [3.05, 3.63) is 18.0 Å². The number of hydrogen-bond donors (Lipinski definition) is 1. The fourth-order valence-corrected chi connectivity index (χ4v) is 5.43. The number of amides is 2. The predicted octanol–water partition coefficient (Wildman–Crippen LogP) is 0.798. The van der Waals surface area contributed by atoms with Gasteiger partial charge in [0.1, 0.15) is 10.6 Å². The van der Waals surface area contributed by atoms with Crippen LogP contribution in [0.2, 0.25) is 0 Å². The van der Waals surface area contributed by atoms with Gasteiger partial charge >= 0.3 is 0 Å². The summed E-state index contributed by atoms with van der Waals surface area (Å²) in [7, 11) is -0.536. The number of nitrogens with zero attached hydrogens (tertiary/aromatic N) is 3. The first-order valence-corrected chi connectivity index (χ1v) is 11.0. The Morgan fingerprint density at radius 2 is 1.70 bits per heavy atom. The van der Waals surface area contributed by atoms with E-state index in [4.69, 9.17) is 0 Å². The lowest BCUT2D eigenvalue weighted by molar-refractivity contribution is -0.137. The average molecular weight is 397 g/mol. The van der Waals surface area contributed by atoms with Crippen LogP contribution in [-0.4, -0.2) is 67.2 Å². The van der Waals surface area contributed by atoms with Crippen molar-refractivity contribution >= 4 is 21.8 Å². The van der Waals surface area contributed by atoms with E-state index in [1.807, 2.05) is 4.90 Å². The standard InChI is InChI=1S/C18H28N4O4S/c1-19-17(23)16-12-15(13-20(16)2)27(25,26)22-10-8-21(9-11-22)18(24)14-6-4-3-5-7-14/h12-14H,3-11H2,1-2H3,(H,19,23). The maximum Gasteiger partial charge on any atom is 0.267 e. The second-order valence-corrected chi connectivity index (χ2v) is 9.25. The summed E-state index contributed by atoms with van der Waals surface area (Å²) in [5.74, 6) is -0.0543. The van der Waals surface area contributed by atoms with E-state index >= 15 is 0 Å². The highest BCUT2D eigenvalue weighted by molar-refractivity contribution is 7.89. The highest BCUT2D eigenvalue weighted by Crippen LogP contribution is 2.26. The van der Waals surface area contributed by atoms with Crippen LogP contribution in [0, 0.1) is 5.92 Å². The molecule has 0 spiro atoms. The van der Waals surface area contributed by atoms with E-state index < -0.39 is 10.0 Å². The smallest absolute Gasteiger partial charge is 0.267 e. The summed E-state index contributed by atoms with van der Waals surface area (Å²) >= 11 is 0. The molecule has 2 fully saturated rings. The third-order valence-electron chi connectivity index (χ3n) is 5.58. The summed E-state index contributed by atoms with van der Waals surface area (Å²) in [6.45, 7) is 1.41. The highest BCUT2D eigenvalue weighted by Gasteiger charge is 2.33. The van der Waals surface area contributed by atoms with Gasteiger partial charge in [0.2, 0.25) is 15.9 Å². The fourth-order valence-electron chi connectivity index (χ4n) is 3.93. The maximum atomic E-state index is 12.9. The molecule has 2 amide bonds. The van der Waals surface area contributed by atoms with Gasteiger partial charge in [-0.15, -0.1) is 0 Å². The van der Waals surface area contributed by atoms with E-state index in [9.17, 15) is 18.0 Å². The Balaban J connectivity index is 1.66. The van der Waals surface area contributed by atoms with Gasteiger partial charge in [-0.1, -0.05) is 19.3 Å². The van der Waals surface area contributed by atoms with Crippen molar-refractivity contribution in [2.75, 3.05) is 33.2 Å². The summed E-state index contributed by atoms with van der Waals surface area (Å²) < 4.78 is 28.8. The number of sulfonamides is 1. The van der Waals surface area contributed by atoms with Gasteiger partial charge in [-0.05, 0) is 18.9 Å². The molecule has 1 saturated heterocycles. The quantitative estimate of drug-likeness (QED) is 0.815. The molecule has 1 aromatic heterocycles. The summed E-state index contributed by atoms with van der Waals surface area (Å²) in [6, 6.07) is 1.40. The third kappa shape index (κ3) is 4.03. The van der Waals surface area contributed by atoms with Gasteiger partial charge in [0, 0.05) is 52.4 Å². The van der Waals surface area contributed by atoms with Crippen LogP contribution in [0.3, 0.4) is 0 Å². The molecule has 1 N–H and O–H groups in total. The minimum atomic E-state index is -3.68. The van der Waals surface area contributed by atoms with Crippen LogP contribution in [0.4, 0.5) is 0 Å². The van der Waals surface area contributed by atoms with Gasteiger partial charge in [0.05, 0.1) is 0 Å². The van der Waals surface area contributed by atoms with Crippen molar-refractivity contribution in [2.45, 2.75) is 37.0 Å². The van der Waals surface area contributed by atoms with Crippen LogP contribution in [0.5, 0.6) is 0 Å². The van der Waals surface area contributed by atoms with Gasteiger partial charge in [-0.2, -0.15) is 4.31 Å². The lowest BCUT2D eigenvalue weighted by Crippen LogP contribution is -2.52. The number of carbonyl (C=O) groups excluding carboxylic acids is 2. The Bertz CT molecular complexity index is 803. The fraction of sp³-hybridized carbons (Fsp3) is 0.667. The van der Waals surface area contributed by atoms with Crippen molar-refractivity contribution in [1.82, 2.24) is 19.1 Å². The van der Waals surface area contributed by atoms with Crippen molar-refractivity contribution in [3.8, 4) is 0 Å². The molecule has 1 aliphatic carbocycles. The van der Waals surface area contributed by atoms with Gasteiger partial charge < -0.3 is 14.8 Å². The molecule has 0 atom stereocenters. The molecule has 27 heavy (non-hydrogen) atoms. The van der Waals surface area contributed by atoms with E-state index in [1.54, 1.807) is 7.05 Å². The number of aromatic nitrogens is 1. The Labute approximate surface area is 160 Å². The summed E-state index contributed by atoms with van der Waals surface area (Å²) in [5, 5.41) is 2.50. The Kier molecular flexibility index (Phi) is 5.90. The second-order valence-electron chi connectivity index (χ2n) is 7.32. The molecule has 0 radical (unpaired) electrons. The van der Waals surface area contributed by atoms with Crippen LogP contribution in [-0.2, 0) is 21.9 Å². The molecule has 1 saturated carbocycles. The Morgan fingerprint density at radius 3 is 2.30 bits per heavy atom. The van der Waals surface area contributed by atoms with Crippen LogP contribution in [0.15, 0.2) is 17.2 Å². The van der Waals surface area contributed by atoms with E-state index in [2.05, 4.69) is 5.32 Å². The number of rotatable bonds is 4. The molecule has 9 heteroatoms. The van der Waals surface area contributed by atoms with Crippen LogP contribution in [0.25, 0.3) is 0 Å². The topological polar surface area (TPSA) is 91.7 Å². The lowest BCUT2D eigenvalue weighted by atomic mass is 9.88. The molecule has 0 aromatic carbocycles. The summed E-state index contributed by atoms with van der Waals surface area (Å²) in [4.78, 5) is 26.4. The number of piperazine rings is 1. The number of carbonyl (C=O) groups is 2. The molecule has 1 aliphatic heterocycles. The SMILES string of the molecule is CNC(=O)c1cc(S(=O)(=O)N2CCN(C(=O)C3CCCCC3)CC2)cn1C. The zero-order valence-electron chi connectivity index (χ0n) is 16.0. The molecule has 8 nitrogen and oxygen atoms in total. The lowest BCUT2D eigenvalue weighted by Gasteiger charge is -2.36. The van der Waals surface area contributed by atoms with Crippen molar-refractivity contribution < 1.29 is 18.0 Å². The summed E-state index contributed by atoms with van der Waals surface area (Å²) in [5.41, 5.74) is 0.294. The largest absolute Gasteiger partial charge is 0.354 e. The summed E-state index contributed by atoms with van der Waals surface area (Å²) in [6.07, 6.45) is 6.76. The van der Waals surface area contributed by atoms with Crippen molar-refractivity contribution in [2.24, 2.45) is 13.0 Å². The van der Waals surface area contributed by atoms with Gasteiger partial charge in [0.25, 0.3) is 5.91 Å². The zero-order valence-corrected chi connectivity index (χ0v) is 16.8. The van der Waals surface area contributed by atoms with Gasteiger partial charge in [0.15, 0.2) is 0 Å².